The molecular weight excluding hydrogens is 428 g/mol. The zero-order valence-electron chi connectivity index (χ0n) is 18.0. The normalized spacial score (nSPS) is 10.9. The Balaban J connectivity index is 1.56. The van der Waals surface area contributed by atoms with Gasteiger partial charge in [-0.2, -0.15) is 0 Å². The molecule has 3 aromatic rings. The zero-order valence-corrected chi connectivity index (χ0v) is 18.8. The van der Waals surface area contributed by atoms with E-state index in [9.17, 15) is 13.2 Å². The summed E-state index contributed by atoms with van der Waals surface area (Å²) >= 11 is 0. The van der Waals surface area contributed by atoms with Crippen LogP contribution in [0, 0.1) is 0 Å². The molecule has 0 aromatic heterocycles. The molecule has 0 radical (unpaired) electrons. The summed E-state index contributed by atoms with van der Waals surface area (Å²) < 4.78 is 37.8. The molecule has 0 atom stereocenters. The molecule has 3 aromatic carbocycles. The first-order chi connectivity index (χ1) is 15.4. The minimum Gasteiger partial charge on any atom is -0.497 e. The molecule has 0 spiro atoms. The van der Waals surface area contributed by atoms with E-state index in [0.717, 1.165) is 11.3 Å². The number of carbonyl (C=O) groups excluding carboxylic acids is 1. The summed E-state index contributed by atoms with van der Waals surface area (Å²) in [6, 6.07) is 22.3. The Labute approximate surface area is 188 Å². The summed E-state index contributed by atoms with van der Waals surface area (Å²) in [5, 5.41) is 2.79. The summed E-state index contributed by atoms with van der Waals surface area (Å²) in [5.41, 5.74) is 1.47. The van der Waals surface area contributed by atoms with Crippen molar-refractivity contribution in [3.63, 3.8) is 0 Å². The fourth-order valence-electron chi connectivity index (χ4n) is 3.06. The van der Waals surface area contributed by atoms with Gasteiger partial charge in [0.15, 0.2) is 6.61 Å². The van der Waals surface area contributed by atoms with Crippen molar-refractivity contribution in [2.24, 2.45) is 0 Å². The number of rotatable bonds is 10. The van der Waals surface area contributed by atoms with Gasteiger partial charge in [-0.15, -0.1) is 0 Å². The maximum absolute atomic E-state index is 12.9. The van der Waals surface area contributed by atoms with Crippen molar-refractivity contribution in [3.8, 4) is 11.5 Å². The molecule has 0 unspecified atom stereocenters. The lowest BCUT2D eigenvalue weighted by molar-refractivity contribution is -0.123. The maximum atomic E-state index is 12.9. The van der Waals surface area contributed by atoms with Crippen LogP contribution in [0.5, 0.6) is 11.5 Å². The molecule has 168 valence electrons. The SMILES string of the molecule is CCN(c1ccc(OCC(=O)NCc2ccc(OC)cc2)cc1)S(=O)(=O)c1ccccc1. The van der Waals surface area contributed by atoms with E-state index >= 15 is 0 Å². The number of benzene rings is 3. The Morgan fingerprint density at radius 1 is 0.906 bits per heavy atom. The number of anilines is 1. The van der Waals surface area contributed by atoms with Gasteiger partial charge >= 0.3 is 0 Å². The predicted molar refractivity (Wildman–Crippen MR) is 123 cm³/mol. The highest BCUT2D eigenvalue weighted by molar-refractivity contribution is 7.92. The first-order valence-electron chi connectivity index (χ1n) is 10.1. The summed E-state index contributed by atoms with van der Waals surface area (Å²) in [5.74, 6) is 0.971. The van der Waals surface area contributed by atoms with Gasteiger partial charge in [0.1, 0.15) is 11.5 Å². The smallest absolute Gasteiger partial charge is 0.264 e. The standard InChI is InChI=1S/C24H26N2O5S/c1-3-26(32(28,29)23-7-5-4-6-8-23)20-11-15-22(16-12-20)31-18-24(27)25-17-19-9-13-21(30-2)14-10-19/h4-16H,3,17-18H2,1-2H3,(H,25,27). The number of methoxy groups -OCH3 is 1. The Morgan fingerprint density at radius 3 is 2.12 bits per heavy atom. The molecule has 3 rings (SSSR count). The lowest BCUT2D eigenvalue weighted by Crippen LogP contribution is -2.30. The van der Waals surface area contributed by atoms with Crippen LogP contribution < -0.4 is 19.1 Å². The van der Waals surface area contributed by atoms with Crippen LogP contribution in [0.25, 0.3) is 0 Å². The molecule has 0 bridgehead atoms. The van der Waals surface area contributed by atoms with Crippen molar-refractivity contribution in [1.29, 1.82) is 0 Å². The first-order valence-corrected chi connectivity index (χ1v) is 11.6. The van der Waals surface area contributed by atoms with Gasteiger partial charge in [0.25, 0.3) is 15.9 Å². The van der Waals surface area contributed by atoms with Crippen LogP contribution in [0.2, 0.25) is 0 Å². The molecule has 0 saturated carbocycles. The third kappa shape index (κ3) is 5.79. The van der Waals surface area contributed by atoms with Crippen LogP contribution >= 0.6 is 0 Å². The van der Waals surface area contributed by atoms with E-state index in [0.29, 0.717) is 18.0 Å². The Bertz CT molecular complexity index is 1120. The maximum Gasteiger partial charge on any atom is 0.264 e. The average molecular weight is 455 g/mol. The molecule has 32 heavy (non-hydrogen) atoms. The van der Waals surface area contributed by atoms with Crippen molar-refractivity contribution in [2.75, 3.05) is 24.6 Å². The third-order valence-electron chi connectivity index (χ3n) is 4.76. The molecular formula is C24H26N2O5S. The minimum absolute atomic E-state index is 0.144. The van der Waals surface area contributed by atoms with Crippen molar-refractivity contribution in [2.45, 2.75) is 18.4 Å². The van der Waals surface area contributed by atoms with Crippen molar-refractivity contribution in [1.82, 2.24) is 5.32 Å². The molecule has 1 amide bonds. The Hall–Kier alpha value is -3.52. The molecule has 7 nitrogen and oxygen atoms in total. The van der Waals surface area contributed by atoms with E-state index < -0.39 is 10.0 Å². The Morgan fingerprint density at radius 2 is 1.53 bits per heavy atom. The second kappa shape index (κ2) is 10.7. The minimum atomic E-state index is -3.66. The second-order valence-electron chi connectivity index (χ2n) is 6.89. The second-order valence-corrected chi connectivity index (χ2v) is 8.75. The van der Waals surface area contributed by atoms with Gasteiger partial charge < -0.3 is 14.8 Å². The summed E-state index contributed by atoms with van der Waals surface area (Å²) in [7, 11) is -2.06. The number of hydrogen-bond acceptors (Lipinski definition) is 5. The van der Waals surface area contributed by atoms with E-state index in [1.54, 1.807) is 68.6 Å². The topological polar surface area (TPSA) is 84.9 Å². The van der Waals surface area contributed by atoms with E-state index in [4.69, 9.17) is 9.47 Å². The average Bonchev–Trinajstić information content (AvgIpc) is 2.83. The van der Waals surface area contributed by atoms with Gasteiger partial charge in [0.05, 0.1) is 17.7 Å². The lowest BCUT2D eigenvalue weighted by Gasteiger charge is -2.23. The number of nitrogens with zero attached hydrogens (tertiary/aromatic N) is 1. The molecule has 1 N–H and O–H groups in total. The van der Waals surface area contributed by atoms with Gasteiger partial charge in [-0.3, -0.25) is 9.10 Å². The molecule has 0 aliphatic heterocycles. The molecule has 0 aliphatic carbocycles. The quantitative estimate of drug-likeness (QED) is 0.506. The molecule has 0 fully saturated rings. The van der Waals surface area contributed by atoms with Crippen molar-refractivity contribution >= 4 is 21.6 Å². The van der Waals surface area contributed by atoms with Crippen LogP contribution in [0.3, 0.4) is 0 Å². The highest BCUT2D eigenvalue weighted by Gasteiger charge is 2.23. The van der Waals surface area contributed by atoms with Crippen LogP contribution in [-0.2, 0) is 21.4 Å². The number of carbonyl (C=O) groups is 1. The molecule has 8 heteroatoms. The monoisotopic (exact) mass is 454 g/mol. The summed E-state index contributed by atoms with van der Waals surface area (Å²) in [4.78, 5) is 12.3. The molecule has 0 aliphatic rings. The van der Waals surface area contributed by atoms with Gasteiger partial charge in [0.2, 0.25) is 0 Å². The van der Waals surface area contributed by atoms with E-state index in [-0.39, 0.29) is 24.0 Å². The van der Waals surface area contributed by atoms with E-state index in [1.807, 2.05) is 24.3 Å². The van der Waals surface area contributed by atoms with Gasteiger partial charge in [-0.25, -0.2) is 8.42 Å². The number of ether oxygens (including phenoxy) is 2. The highest BCUT2D eigenvalue weighted by Crippen LogP contribution is 2.25. The van der Waals surface area contributed by atoms with Crippen LogP contribution in [0.1, 0.15) is 12.5 Å². The molecule has 0 saturated heterocycles. The van der Waals surface area contributed by atoms with Gasteiger partial charge in [-0.05, 0) is 61.0 Å². The number of nitrogens with one attached hydrogen (secondary N) is 1. The van der Waals surface area contributed by atoms with Crippen molar-refractivity contribution in [3.05, 3.63) is 84.4 Å². The fourth-order valence-corrected chi connectivity index (χ4v) is 4.56. The highest BCUT2D eigenvalue weighted by atomic mass is 32.2. The zero-order chi connectivity index (χ0) is 23.0. The van der Waals surface area contributed by atoms with Gasteiger partial charge in [-0.1, -0.05) is 30.3 Å². The molecule has 0 heterocycles. The van der Waals surface area contributed by atoms with Crippen molar-refractivity contribution < 1.29 is 22.7 Å². The fraction of sp³-hybridized carbons (Fsp3) is 0.208. The van der Waals surface area contributed by atoms with Crippen LogP contribution in [0.4, 0.5) is 5.69 Å². The summed E-state index contributed by atoms with van der Waals surface area (Å²) in [6.45, 7) is 2.30. The lowest BCUT2D eigenvalue weighted by atomic mass is 10.2. The van der Waals surface area contributed by atoms with Gasteiger partial charge in [0, 0.05) is 13.1 Å². The number of hydrogen-bond donors (Lipinski definition) is 1. The van der Waals surface area contributed by atoms with Crippen LogP contribution in [0.15, 0.2) is 83.8 Å². The third-order valence-corrected chi connectivity index (χ3v) is 6.68. The Kier molecular flexibility index (Phi) is 7.72. The predicted octanol–water partition coefficient (Wildman–Crippen LogP) is 3.61. The number of sulfonamides is 1. The van der Waals surface area contributed by atoms with E-state index in [1.165, 1.54) is 4.31 Å². The largest absolute Gasteiger partial charge is 0.497 e. The summed E-state index contributed by atoms with van der Waals surface area (Å²) in [6.07, 6.45) is 0. The van der Waals surface area contributed by atoms with E-state index in [2.05, 4.69) is 5.32 Å². The number of amides is 1. The first kappa shape index (κ1) is 23.1. The van der Waals surface area contributed by atoms with Crippen LogP contribution in [-0.4, -0.2) is 34.6 Å².